The fraction of sp³-hybridized carbons (Fsp3) is 0.118. The van der Waals surface area contributed by atoms with Gasteiger partial charge in [0.1, 0.15) is 11.5 Å². The highest BCUT2D eigenvalue weighted by Crippen LogP contribution is 2.25. The van der Waals surface area contributed by atoms with Crippen LogP contribution in [-0.2, 0) is 0 Å². The summed E-state index contributed by atoms with van der Waals surface area (Å²) in [5.74, 6) is -0.332. The number of halogens is 1. The molecular weight excluding hydrogens is 281 g/mol. The molecule has 1 heterocycles. The summed E-state index contributed by atoms with van der Waals surface area (Å²) in [7, 11) is 0. The third-order valence-corrected chi connectivity index (χ3v) is 3.66. The van der Waals surface area contributed by atoms with E-state index in [1.165, 1.54) is 17.7 Å². The molecule has 3 aromatic rings. The Morgan fingerprint density at radius 2 is 1.77 bits per heavy atom. The van der Waals surface area contributed by atoms with Gasteiger partial charge in [-0.25, -0.2) is 9.07 Å². The van der Waals surface area contributed by atoms with Crippen LogP contribution in [0.3, 0.4) is 0 Å². The molecule has 5 heteroatoms. The molecule has 0 amide bonds. The Balaban J connectivity index is 2.20. The molecule has 4 nitrogen and oxygen atoms in total. The zero-order chi connectivity index (χ0) is 15.7. The number of aromatic nitrogens is 3. The summed E-state index contributed by atoms with van der Waals surface area (Å²) in [6.07, 6.45) is 0.656. The van der Waals surface area contributed by atoms with Crippen molar-refractivity contribution < 1.29 is 9.18 Å². The Morgan fingerprint density at radius 1 is 1.05 bits per heavy atom. The highest BCUT2D eigenvalue weighted by atomic mass is 19.1. The molecule has 22 heavy (non-hydrogen) atoms. The Labute approximate surface area is 127 Å². The lowest BCUT2D eigenvalue weighted by Gasteiger charge is -2.09. The van der Waals surface area contributed by atoms with Gasteiger partial charge in [0, 0.05) is 5.56 Å². The van der Waals surface area contributed by atoms with E-state index in [1.807, 2.05) is 32.0 Å². The van der Waals surface area contributed by atoms with E-state index >= 15 is 0 Å². The van der Waals surface area contributed by atoms with E-state index in [0.29, 0.717) is 17.5 Å². The van der Waals surface area contributed by atoms with Crippen LogP contribution in [0.25, 0.3) is 16.9 Å². The molecule has 0 N–H and O–H groups in total. The van der Waals surface area contributed by atoms with Gasteiger partial charge in [-0.05, 0) is 61.4 Å². The Bertz CT molecular complexity index is 838. The van der Waals surface area contributed by atoms with Crippen LogP contribution < -0.4 is 0 Å². The summed E-state index contributed by atoms with van der Waals surface area (Å²) in [6, 6.07) is 11.8. The number of aryl methyl sites for hydroxylation is 2. The maximum atomic E-state index is 13.1. The number of hydrogen-bond donors (Lipinski definition) is 0. The molecule has 1 aromatic heterocycles. The minimum absolute atomic E-state index is 0.227. The average molecular weight is 295 g/mol. The fourth-order valence-corrected chi connectivity index (χ4v) is 2.29. The van der Waals surface area contributed by atoms with Crippen molar-refractivity contribution in [1.29, 1.82) is 0 Å². The third-order valence-electron chi connectivity index (χ3n) is 3.66. The van der Waals surface area contributed by atoms with Gasteiger partial charge in [-0.2, -0.15) is 0 Å². The second kappa shape index (κ2) is 5.52. The summed E-state index contributed by atoms with van der Waals surface area (Å²) >= 11 is 0. The topological polar surface area (TPSA) is 47.8 Å². The van der Waals surface area contributed by atoms with Crippen molar-refractivity contribution in [3.63, 3.8) is 0 Å². The van der Waals surface area contributed by atoms with Crippen LogP contribution in [0.5, 0.6) is 0 Å². The van der Waals surface area contributed by atoms with Crippen LogP contribution in [0.1, 0.15) is 21.6 Å². The molecule has 0 atom stereocenters. The molecule has 0 bridgehead atoms. The van der Waals surface area contributed by atoms with Crippen molar-refractivity contribution in [2.24, 2.45) is 0 Å². The zero-order valence-corrected chi connectivity index (χ0v) is 12.2. The Hall–Kier alpha value is -2.82. The van der Waals surface area contributed by atoms with Crippen molar-refractivity contribution >= 4 is 6.29 Å². The lowest BCUT2D eigenvalue weighted by molar-refractivity contribution is 0.111. The first-order chi connectivity index (χ1) is 10.6. The number of aldehydes is 1. The maximum Gasteiger partial charge on any atom is 0.172 e. The molecular formula is C17H14FN3O. The quantitative estimate of drug-likeness (QED) is 0.695. The van der Waals surface area contributed by atoms with E-state index in [1.54, 1.807) is 16.8 Å². The van der Waals surface area contributed by atoms with Crippen molar-refractivity contribution in [2.75, 3.05) is 0 Å². The standard InChI is InChI=1S/C17H14FN3O/c1-11-3-8-15(9-12(11)2)21-17(16(10-22)19-20-21)13-4-6-14(18)7-5-13/h3-10H,1-2H3. The Kier molecular flexibility index (Phi) is 3.55. The van der Waals surface area contributed by atoms with Gasteiger partial charge < -0.3 is 0 Å². The lowest BCUT2D eigenvalue weighted by Crippen LogP contribution is -2.01. The first-order valence-electron chi connectivity index (χ1n) is 6.84. The minimum atomic E-state index is -0.332. The van der Waals surface area contributed by atoms with Crippen molar-refractivity contribution in [3.05, 3.63) is 65.1 Å². The second-order valence-corrected chi connectivity index (χ2v) is 5.13. The lowest BCUT2D eigenvalue weighted by atomic mass is 10.1. The summed E-state index contributed by atoms with van der Waals surface area (Å²) in [5.41, 5.74) is 4.56. The van der Waals surface area contributed by atoms with Crippen LogP contribution >= 0.6 is 0 Å². The van der Waals surface area contributed by atoms with Gasteiger partial charge in [0.25, 0.3) is 0 Å². The average Bonchev–Trinajstić information content (AvgIpc) is 2.95. The molecule has 0 radical (unpaired) electrons. The van der Waals surface area contributed by atoms with E-state index < -0.39 is 0 Å². The van der Waals surface area contributed by atoms with Gasteiger partial charge in [0.15, 0.2) is 12.0 Å². The number of nitrogens with zero attached hydrogens (tertiary/aromatic N) is 3. The molecule has 3 rings (SSSR count). The minimum Gasteiger partial charge on any atom is -0.296 e. The molecule has 0 saturated carbocycles. The van der Waals surface area contributed by atoms with Crippen molar-refractivity contribution in [2.45, 2.75) is 13.8 Å². The molecule has 2 aromatic carbocycles. The van der Waals surface area contributed by atoms with E-state index in [0.717, 1.165) is 11.3 Å². The first-order valence-corrected chi connectivity index (χ1v) is 6.84. The molecule has 0 fully saturated rings. The van der Waals surface area contributed by atoms with Crippen LogP contribution in [-0.4, -0.2) is 21.3 Å². The van der Waals surface area contributed by atoms with Crippen molar-refractivity contribution in [3.8, 4) is 16.9 Å². The highest BCUT2D eigenvalue weighted by Gasteiger charge is 2.16. The number of carbonyl (C=O) groups is 1. The summed E-state index contributed by atoms with van der Waals surface area (Å²) in [5, 5.41) is 7.98. The number of benzene rings is 2. The van der Waals surface area contributed by atoms with E-state index in [4.69, 9.17) is 0 Å². The summed E-state index contributed by atoms with van der Waals surface area (Å²) in [6.45, 7) is 4.03. The van der Waals surface area contributed by atoms with Gasteiger partial charge in [0.05, 0.1) is 5.69 Å². The van der Waals surface area contributed by atoms with Crippen LogP contribution in [0.4, 0.5) is 4.39 Å². The number of hydrogen-bond acceptors (Lipinski definition) is 3. The molecule has 0 aliphatic heterocycles. The molecule has 110 valence electrons. The number of carbonyl (C=O) groups excluding carboxylic acids is 1. The summed E-state index contributed by atoms with van der Waals surface area (Å²) < 4.78 is 14.7. The SMILES string of the molecule is Cc1ccc(-n2nnc(C=O)c2-c2ccc(F)cc2)cc1C. The van der Waals surface area contributed by atoms with Gasteiger partial charge in [-0.15, -0.1) is 5.10 Å². The first kappa shape index (κ1) is 14.1. The van der Waals surface area contributed by atoms with Crippen molar-refractivity contribution in [1.82, 2.24) is 15.0 Å². The monoisotopic (exact) mass is 295 g/mol. The fourth-order valence-electron chi connectivity index (χ4n) is 2.29. The second-order valence-electron chi connectivity index (χ2n) is 5.13. The summed E-state index contributed by atoms with van der Waals surface area (Å²) in [4.78, 5) is 11.2. The van der Waals surface area contributed by atoms with Gasteiger partial charge in [0.2, 0.25) is 0 Å². The van der Waals surface area contributed by atoms with Crippen LogP contribution in [0.15, 0.2) is 42.5 Å². The van der Waals surface area contributed by atoms with Crippen LogP contribution in [0, 0.1) is 19.7 Å². The molecule has 0 aliphatic rings. The Morgan fingerprint density at radius 3 is 2.41 bits per heavy atom. The third kappa shape index (κ3) is 2.41. The van der Waals surface area contributed by atoms with E-state index in [2.05, 4.69) is 10.3 Å². The predicted molar refractivity (Wildman–Crippen MR) is 81.6 cm³/mol. The largest absolute Gasteiger partial charge is 0.296 e. The highest BCUT2D eigenvalue weighted by molar-refractivity contribution is 5.84. The van der Waals surface area contributed by atoms with Crippen LogP contribution in [0.2, 0.25) is 0 Å². The van der Waals surface area contributed by atoms with E-state index in [-0.39, 0.29) is 11.5 Å². The predicted octanol–water partition coefficient (Wildman–Crippen LogP) is 3.50. The van der Waals surface area contributed by atoms with E-state index in [9.17, 15) is 9.18 Å². The maximum absolute atomic E-state index is 13.1. The zero-order valence-electron chi connectivity index (χ0n) is 12.2. The van der Waals surface area contributed by atoms with Gasteiger partial charge in [-0.1, -0.05) is 11.3 Å². The van der Waals surface area contributed by atoms with Gasteiger partial charge in [-0.3, -0.25) is 4.79 Å². The molecule has 0 spiro atoms. The number of rotatable bonds is 3. The van der Waals surface area contributed by atoms with Gasteiger partial charge >= 0.3 is 0 Å². The smallest absolute Gasteiger partial charge is 0.172 e. The molecule has 0 aliphatic carbocycles. The normalized spacial score (nSPS) is 10.7. The molecule has 0 unspecified atom stereocenters. The molecule has 0 saturated heterocycles.